The van der Waals surface area contributed by atoms with E-state index in [-0.39, 0.29) is 0 Å². The number of hydrogen-bond acceptors (Lipinski definition) is 2. The molecule has 0 atom stereocenters. The van der Waals surface area contributed by atoms with Crippen molar-refractivity contribution in [2.24, 2.45) is 4.40 Å². The minimum Gasteiger partial charge on any atom is -0.158 e. The molecule has 0 unspecified atom stereocenters. The molecule has 0 aromatic rings. The lowest BCUT2D eigenvalue weighted by Crippen LogP contribution is -2.56. The van der Waals surface area contributed by atoms with Crippen molar-refractivity contribution in [2.75, 3.05) is 0 Å². The highest BCUT2D eigenvalue weighted by molar-refractivity contribution is 7.91. The second-order valence-electron chi connectivity index (χ2n) is 1.24. The molecule has 7 heavy (non-hydrogen) atoms. The molecule has 0 aliphatic carbocycles. The topological polar surface area (TPSA) is 26.3 Å². The van der Waals surface area contributed by atoms with E-state index in [0.717, 1.165) is 5.57 Å². The van der Waals surface area contributed by atoms with Crippen LogP contribution in [0.3, 0.4) is 0 Å². The van der Waals surface area contributed by atoms with Gasteiger partial charge in [-0.15, -0.1) is 4.40 Å². The third-order valence-electron chi connectivity index (χ3n) is 0.593. The molecule has 0 radical (unpaired) electrons. The number of rotatable bonds is 0. The maximum Gasteiger partial charge on any atom is 0.318 e. The molecule has 0 aromatic heterocycles. The van der Waals surface area contributed by atoms with Gasteiger partial charge in [-0.1, -0.05) is 0 Å². The van der Waals surface area contributed by atoms with Crippen molar-refractivity contribution < 1.29 is 4.40 Å². The Morgan fingerprint density at radius 1 is 2.00 bits per heavy atom. The monoisotopic (exact) mass is 113 g/mol. The van der Waals surface area contributed by atoms with E-state index in [0.29, 0.717) is 0 Å². The predicted octanol–water partition coefficient (Wildman–Crippen LogP) is -0.669. The summed E-state index contributed by atoms with van der Waals surface area (Å²) in [6.07, 6.45) is 1.77. The molecule has 1 rings (SSSR count). The molecule has 0 aromatic carbocycles. The van der Waals surface area contributed by atoms with E-state index < -0.39 is 0 Å². The summed E-state index contributed by atoms with van der Waals surface area (Å²) in [6.45, 7) is 1.94. The maximum atomic E-state index is 3.84. The summed E-state index contributed by atoms with van der Waals surface area (Å²) in [5.74, 6) is 2.86. The van der Waals surface area contributed by atoms with Crippen molar-refractivity contribution in [3.8, 4) is 0 Å². The lowest BCUT2D eigenvalue weighted by atomic mass is 10.4. The number of nitrogens with zero attached hydrogens (tertiary/aromatic N) is 1. The number of hydrogen-bond donors (Lipinski definition) is 1. The van der Waals surface area contributed by atoms with Crippen LogP contribution in [0.2, 0.25) is 0 Å². The van der Waals surface area contributed by atoms with Crippen molar-refractivity contribution in [1.29, 1.82) is 0 Å². The van der Waals surface area contributed by atoms with Crippen LogP contribution in [0.5, 0.6) is 0 Å². The molecule has 36 valence electrons. The molecule has 3 heteroatoms. The molecule has 1 aliphatic heterocycles. The Labute approximate surface area is 46.3 Å². The summed E-state index contributed by atoms with van der Waals surface area (Å²) in [6, 6.07) is 0. The van der Waals surface area contributed by atoms with Crippen LogP contribution in [0.1, 0.15) is 6.92 Å². The van der Waals surface area contributed by atoms with Gasteiger partial charge < -0.3 is 0 Å². The largest absolute Gasteiger partial charge is 0.318 e. The fraction of sp³-hybridized carbons (Fsp3) is 0.250. The zero-order chi connectivity index (χ0) is 5.11. The van der Waals surface area contributed by atoms with Gasteiger partial charge in [-0.3, -0.25) is 0 Å². The van der Waals surface area contributed by atoms with Crippen molar-refractivity contribution in [1.82, 2.24) is 0 Å². The van der Waals surface area contributed by atoms with Gasteiger partial charge in [0.1, 0.15) is 0 Å². The highest BCUT2D eigenvalue weighted by atomic mass is 32.2. The molecule has 1 aliphatic rings. The van der Waals surface area contributed by atoms with Crippen molar-refractivity contribution in [3.63, 3.8) is 0 Å². The van der Waals surface area contributed by atoms with Crippen molar-refractivity contribution in [3.05, 3.63) is 5.57 Å². The summed E-state index contributed by atoms with van der Waals surface area (Å²) in [7, 11) is 0. The summed E-state index contributed by atoms with van der Waals surface area (Å²) in [4.78, 5) is 0. The first-order valence-electron chi connectivity index (χ1n) is 1.93. The average molecular weight is 113 g/mol. The van der Waals surface area contributed by atoms with Crippen LogP contribution in [0.4, 0.5) is 0 Å². The van der Waals surface area contributed by atoms with Gasteiger partial charge in [0.25, 0.3) is 0 Å². The molecular formula is C4H5N2S+. The van der Waals surface area contributed by atoms with Crippen molar-refractivity contribution >= 4 is 24.2 Å². The normalized spacial score (nSPS) is 17.0. The van der Waals surface area contributed by atoms with Crippen LogP contribution in [0.15, 0.2) is 9.97 Å². The van der Waals surface area contributed by atoms with E-state index in [1.165, 1.54) is 12.1 Å². The van der Waals surface area contributed by atoms with Gasteiger partial charge in [-0.25, -0.2) is 0 Å². The Balaban J connectivity index is 2.89. The standard InChI is InChI=1S/C4H4N2S/c1-4-2-5-7-6-3-4/h2H,1H3/p+1. The molecular weight excluding hydrogens is 108 g/mol. The van der Waals surface area contributed by atoms with Gasteiger partial charge in [0, 0.05) is 0 Å². The summed E-state index contributed by atoms with van der Waals surface area (Å²) in [5.41, 5.74) is 1.04. The first-order valence-corrected chi connectivity index (χ1v) is 2.71. The number of allylic oxidation sites excluding steroid dienone is 1. The van der Waals surface area contributed by atoms with E-state index in [1.54, 1.807) is 6.21 Å². The molecule has 1 heterocycles. The van der Waals surface area contributed by atoms with Gasteiger partial charge >= 0.3 is 12.1 Å². The van der Waals surface area contributed by atoms with Gasteiger partial charge in [0.05, 0.1) is 11.8 Å². The Kier molecular flexibility index (Phi) is 1.29. The second-order valence-corrected chi connectivity index (χ2v) is 1.83. The summed E-state index contributed by atoms with van der Waals surface area (Å²) < 4.78 is 6.61. The van der Waals surface area contributed by atoms with Gasteiger partial charge in [0.2, 0.25) is 0 Å². The lowest BCUT2D eigenvalue weighted by molar-refractivity contribution is -0.233. The molecule has 0 amide bonds. The van der Waals surface area contributed by atoms with E-state index >= 15 is 0 Å². The minimum atomic E-state index is 1.04. The van der Waals surface area contributed by atoms with E-state index in [9.17, 15) is 0 Å². The third-order valence-corrected chi connectivity index (χ3v) is 0.997. The molecule has 0 bridgehead atoms. The van der Waals surface area contributed by atoms with Gasteiger partial charge in [-0.05, 0) is 6.92 Å². The maximum absolute atomic E-state index is 3.84. The molecule has 0 saturated heterocycles. The van der Waals surface area contributed by atoms with E-state index in [1.807, 2.05) is 6.92 Å². The molecule has 0 fully saturated rings. The first kappa shape index (κ1) is 4.62. The second kappa shape index (κ2) is 1.96. The van der Waals surface area contributed by atoms with Gasteiger partial charge in [-0.2, -0.15) is 4.40 Å². The predicted molar refractivity (Wildman–Crippen MR) is 31.2 cm³/mol. The van der Waals surface area contributed by atoms with E-state index in [4.69, 9.17) is 0 Å². The highest BCUT2D eigenvalue weighted by Crippen LogP contribution is 1.87. The van der Waals surface area contributed by atoms with Crippen LogP contribution < -0.4 is 4.40 Å². The molecule has 1 N–H and O–H groups in total. The fourth-order valence-electron chi connectivity index (χ4n) is 0.267. The molecule has 2 nitrogen and oxygen atoms in total. The van der Waals surface area contributed by atoms with Crippen LogP contribution >= 0.6 is 12.1 Å². The molecule has 0 spiro atoms. The Morgan fingerprint density at radius 3 is 3.14 bits per heavy atom. The zero-order valence-corrected chi connectivity index (χ0v) is 4.75. The van der Waals surface area contributed by atoms with Crippen LogP contribution in [-0.4, -0.2) is 12.1 Å². The minimum absolute atomic E-state index is 1.04. The quantitative estimate of drug-likeness (QED) is 0.414. The van der Waals surface area contributed by atoms with Crippen LogP contribution in [0.25, 0.3) is 0 Å². The van der Waals surface area contributed by atoms with Crippen molar-refractivity contribution in [2.45, 2.75) is 6.92 Å². The Bertz CT molecular complexity index is 153. The van der Waals surface area contributed by atoms with Crippen LogP contribution in [0, 0.1) is 0 Å². The first-order chi connectivity index (χ1) is 3.39. The SMILES string of the molecule is CC1=C=[NH+]SN=C1. The summed E-state index contributed by atoms with van der Waals surface area (Å²) in [5, 5.41) is 0. The Hall–Kier alpha value is -0.530. The zero-order valence-electron chi connectivity index (χ0n) is 3.93. The Morgan fingerprint density at radius 2 is 2.86 bits per heavy atom. The average Bonchev–Trinajstić information content (AvgIpc) is 1.69. The van der Waals surface area contributed by atoms with E-state index in [2.05, 4.69) is 14.7 Å². The van der Waals surface area contributed by atoms with Gasteiger partial charge in [0.15, 0.2) is 5.87 Å². The highest BCUT2D eigenvalue weighted by Gasteiger charge is 1.90. The lowest BCUT2D eigenvalue weighted by Gasteiger charge is -1.78. The summed E-state index contributed by atoms with van der Waals surface area (Å²) >= 11 is 1.29. The smallest absolute Gasteiger partial charge is 0.158 e. The molecule has 0 saturated carbocycles. The fourth-order valence-corrected chi connectivity index (χ4v) is 0.738. The number of nitrogens with one attached hydrogen (secondary N) is 1. The van der Waals surface area contributed by atoms with Crippen LogP contribution in [-0.2, 0) is 0 Å². The third kappa shape index (κ3) is 1.18.